The summed E-state index contributed by atoms with van der Waals surface area (Å²) in [6, 6.07) is 25.2. The minimum absolute atomic E-state index is 0.0447. The first-order chi connectivity index (χ1) is 21.3. The Kier molecular flexibility index (Phi) is 8.17. The van der Waals surface area contributed by atoms with Crippen molar-refractivity contribution < 1.29 is 28.8 Å². The van der Waals surface area contributed by atoms with E-state index in [-0.39, 0.29) is 6.61 Å². The van der Waals surface area contributed by atoms with Crippen LogP contribution in [0, 0.1) is 6.92 Å². The van der Waals surface area contributed by atoms with E-state index in [4.69, 9.17) is 23.7 Å². The van der Waals surface area contributed by atoms with Crippen LogP contribution in [0.4, 0.5) is 0 Å². The van der Waals surface area contributed by atoms with Crippen molar-refractivity contribution in [2.75, 3.05) is 27.4 Å². The number of fused-ring (bicyclic) bond motifs is 1. The molecule has 2 N–H and O–H groups in total. The van der Waals surface area contributed by atoms with E-state index >= 15 is 0 Å². The van der Waals surface area contributed by atoms with Gasteiger partial charge in [-0.2, -0.15) is 0 Å². The van der Waals surface area contributed by atoms with Crippen LogP contribution in [0.1, 0.15) is 41.3 Å². The van der Waals surface area contributed by atoms with Gasteiger partial charge in [0.1, 0.15) is 34.9 Å². The molecule has 0 unspecified atom stereocenters. The molecule has 2 fully saturated rings. The Bertz CT molecular complexity index is 1650. The number of ether oxygens (including phenoxy) is 5. The lowest BCUT2D eigenvalue weighted by molar-refractivity contribution is -0.156. The van der Waals surface area contributed by atoms with Gasteiger partial charge in [-0.15, -0.1) is 0 Å². The summed E-state index contributed by atoms with van der Waals surface area (Å²) in [5.41, 5.74) is -0.826. The van der Waals surface area contributed by atoms with Crippen molar-refractivity contribution in [3.63, 3.8) is 0 Å². The molecule has 3 aromatic carbocycles. The summed E-state index contributed by atoms with van der Waals surface area (Å²) in [7, 11) is 3.23. The van der Waals surface area contributed by atoms with Crippen LogP contribution >= 0.6 is 0 Å². The molecule has 0 radical (unpaired) electrons. The monoisotopic (exact) mass is 600 g/mol. The minimum atomic E-state index is -1.45. The Labute approximate surface area is 254 Å². The second kappa shape index (κ2) is 12.0. The van der Waals surface area contributed by atoms with E-state index in [9.17, 15) is 14.7 Å². The van der Waals surface area contributed by atoms with E-state index in [0.717, 1.165) is 16.7 Å². The van der Waals surface area contributed by atoms with Crippen molar-refractivity contribution in [1.82, 2.24) is 9.55 Å². The molecule has 0 saturated carbocycles. The van der Waals surface area contributed by atoms with Crippen molar-refractivity contribution in [3.05, 3.63) is 128 Å². The van der Waals surface area contributed by atoms with Crippen molar-refractivity contribution in [2.45, 2.75) is 49.4 Å². The maximum absolute atomic E-state index is 12.9. The normalized spacial score (nSPS) is 23.2. The van der Waals surface area contributed by atoms with Crippen LogP contribution in [0.15, 0.2) is 94.6 Å². The topological polar surface area (TPSA) is 121 Å². The molecule has 4 aromatic rings. The third-order valence-electron chi connectivity index (χ3n) is 8.68. The summed E-state index contributed by atoms with van der Waals surface area (Å²) in [6.07, 6.45) is -0.235. The zero-order chi connectivity index (χ0) is 30.9. The van der Waals surface area contributed by atoms with Crippen LogP contribution in [0.25, 0.3) is 0 Å². The fourth-order valence-corrected chi connectivity index (χ4v) is 6.33. The van der Waals surface area contributed by atoms with Gasteiger partial charge in [-0.1, -0.05) is 54.6 Å². The Morgan fingerprint density at radius 1 is 0.932 bits per heavy atom. The molecule has 10 nitrogen and oxygen atoms in total. The number of aromatic amines is 1. The van der Waals surface area contributed by atoms with Gasteiger partial charge >= 0.3 is 5.69 Å². The Morgan fingerprint density at radius 2 is 1.52 bits per heavy atom. The number of hydrogen-bond acceptors (Lipinski definition) is 8. The number of H-pyrrole nitrogens is 1. The van der Waals surface area contributed by atoms with Gasteiger partial charge in [0.15, 0.2) is 6.23 Å². The van der Waals surface area contributed by atoms with E-state index < -0.39 is 40.9 Å². The molecule has 230 valence electrons. The first-order valence-corrected chi connectivity index (χ1v) is 14.6. The van der Waals surface area contributed by atoms with Gasteiger partial charge in [-0.05, 0) is 60.7 Å². The average molecular weight is 601 g/mol. The number of aromatic nitrogens is 2. The molecule has 10 heteroatoms. The van der Waals surface area contributed by atoms with E-state index in [1.165, 1.54) is 10.8 Å². The van der Waals surface area contributed by atoms with Crippen molar-refractivity contribution >= 4 is 0 Å². The van der Waals surface area contributed by atoms with E-state index in [1.807, 2.05) is 78.9 Å². The highest BCUT2D eigenvalue weighted by Crippen LogP contribution is 2.47. The third kappa shape index (κ3) is 5.13. The molecule has 4 atom stereocenters. The number of nitrogens with one attached hydrogen (secondary N) is 1. The molecule has 1 aromatic heterocycles. The fraction of sp³-hybridized carbons (Fsp3) is 0.353. The summed E-state index contributed by atoms with van der Waals surface area (Å²) < 4.78 is 31.7. The summed E-state index contributed by atoms with van der Waals surface area (Å²) in [4.78, 5) is 27.3. The number of benzene rings is 3. The number of nitrogens with zero attached hydrogens (tertiary/aromatic N) is 1. The van der Waals surface area contributed by atoms with E-state index in [2.05, 4.69) is 4.98 Å². The van der Waals surface area contributed by atoms with Gasteiger partial charge < -0.3 is 28.8 Å². The second-order valence-corrected chi connectivity index (χ2v) is 11.2. The van der Waals surface area contributed by atoms with Crippen LogP contribution < -0.4 is 20.7 Å². The summed E-state index contributed by atoms with van der Waals surface area (Å²) in [6.45, 7) is 1.97. The maximum atomic E-state index is 12.9. The summed E-state index contributed by atoms with van der Waals surface area (Å²) in [5.74, 6) is 1.40. The molecule has 3 heterocycles. The van der Waals surface area contributed by atoms with Crippen LogP contribution in [0.5, 0.6) is 11.5 Å². The van der Waals surface area contributed by atoms with E-state index in [0.29, 0.717) is 36.5 Å². The Balaban J connectivity index is 1.45. The van der Waals surface area contributed by atoms with Crippen LogP contribution in [-0.2, 0) is 19.8 Å². The van der Waals surface area contributed by atoms with E-state index in [1.54, 1.807) is 21.1 Å². The largest absolute Gasteiger partial charge is 0.497 e. The second-order valence-electron chi connectivity index (χ2n) is 11.2. The molecular formula is C34H36N2O8. The first kappa shape index (κ1) is 29.8. The number of hydrogen-bond donors (Lipinski definition) is 2. The number of rotatable bonds is 9. The Hall–Kier alpha value is -4.22. The predicted molar refractivity (Wildman–Crippen MR) is 162 cm³/mol. The van der Waals surface area contributed by atoms with Gasteiger partial charge in [-0.3, -0.25) is 14.3 Å². The van der Waals surface area contributed by atoms with Crippen LogP contribution in [0.3, 0.4) is 0 Å². The van der Waals surface area contributed by atoms with Gasteiger partial charge in [0, 0.05) is 18.4 Å². The highest BCUT2D eigenvalue weighted by Gasteiger charge is 2.59. The minimum Gasteiger partial charge on any atom is -0.497 e. The van der Waals surface area contributed by atoms with Gasteiger partial charge in [0.05, 0.1) is 20.8 Å². The predicted octanol–water partition coefficient (Wildman–Crippen LogP) is 3.68. The maximum Gasteiger partial charge on any atom is 0.330 e. The zero-order valence-electron chi connectivity index (χ0n) is 24.9. The quantitative estimate of drug-likeness (QED) is 0.279. The zero-order valence-corrected chi connectivity index (χ0v) is 24.9. The van der Waals surface area contributed by atoms with Gasteiger partial charge in [0.25, 0.3) is 5.56 Å². The standard InChI is InChI=1S/C34H36N2O8/c1-22-20-36(32(38)35-30(22)37)31-29-33(39,18-7-19-42-29)28(44-31)21-43-34(23-8-5-4-6-9-23,24-10-14-26(40-2)15-11-24)25-12-16-27(41-3)17-13-25/h4-6,8-17,20,28-29,31,39H,7,18-19,21H2,1-3H3,(H,35,37,38)/t28-,29+,31-,33-/m1/s1. The van der Waals surface area contributed by atoms with Crippen LogP contribution in [-0.4, -0.2) is 59.9 Å². The molecule has 6 rings (SSSR count). The summed E-state index contributed by atoms with van der Waals surface area (Å²) >= 11 is 0. The van der Waals surface area contributed by atoms with Crippen molar-refractivity contribution in [1.29, 1.82) is 0 Å². The summed E-state index contributed by atoms with van der Waals surface area (Å²) in [5, 5.41) is 12.1. The SMILES string of the molecule is COc1ccc(C(OC[C@H]2O[C@@H](n3cc(C)c(=O)[nH]c3=O)[C@@H]3OCCC[C@@]23O)(c2ccccc2)c2ccc(OC)cc2)cc1. The molecule has 44 heavy (non-hydrogen) atoms. The molecule has 0 aliphatic carbocycles. The lowest BCUT2D eigenvalue weighted by Crippen LogP contribution is -2.54. The number of aryl methyl sites for hydroxylation is 1. The highest BCUT2D eigenvalue weighted by atomic mass is 16.6. The molecule has 2 saturated heterocycles. The lowest BCUT2D eigenvalue weighted by Gasteiger charge is -2.40. The lowest BCUT2D eigenvalue weighted by atomic mass is 9.79. The number of aliphatic hydroxyl groups is 1. The average Bonchev–Trinajstić information content (AvgIpc) is 3.35. The molecule has 2 aliphatic heterocycles. The third-order valence-corrected chi connectivity index (χ3v) is 8.68. The molecular weight excluding hydrogens is 564 g/mol. The molecule has 0 amide bonds. The van der Waals surface area contributed by atoms with Crippen molar-refractivity contribution in [3.8, 4) is 11.5 Å². The highest BCUT2D eigenvalue weighted by molar-refractivity contribution is 5.49. The molecule has 2 aliphatic rings. The fourth-order valence-electron chi connectivity index (χ4n) is 6.33. The van der Waals surface area contributed by atoms with Crippen molar-refractivity contribution in [2.24, 2.45) is 0 Å². The van der Waals surface area contributed by atoms with Gasteiger partial charge in [-0.25, -0.2) is 4.79 Å². The Morgan fingerprint density at radius 3 is 2.11 bits per heavy atom. The molecule has 0 bridgehead atoms. The smallest absolute Gasteiger partial charge is 0.330 e. The van der Waals surface area contributed by atoms with Crippen LogP contribution in [0.2, 0.25) is 0 Å². The first-order valence-electron chi connectivity index (χ1n) is 14.6. The molecule has 0 spiro atoms. The number of methoxy groups -OCH3 is 2. The van der Waals surface area contributed by atoms with Gasteiger partial charge in [0.2, 0.25) is 0 Å².